The van der Waals surface area contributed by atoms with E-state index in [1.165, 1.54) is 0 Å². The number of likely N-dealkylation sites (tertiary alicyclic amines) is 1. The fraction of sp³-hybridized carbons (Fsp3) is 0.881. The Hall–Kier alpha value is -2.30. The highest BCUT2D eigenvalue weighted by Gasteiger charge is 2.85. The molecule has 1 heterocycles. The molecule has 53 heavy (non-hydrogen) atoms. The first-order chi connectivity index (χ1) is 24.9. The lowest BCUT2D eigenvalue weighted by Crippen LogP contribution is -2.51. The molecule has 0 unspecified atom stereocenters. The third kappa shape index (κ3) is 6.23. The molecule has 0 radical (unpaired) electrons. The quantitative estimate of drug-likeness (QED) is 0.226. The maximum absolute atomic E-state index is 15.2. The fourth-order valence-electron chi connectivity index (χ4n) is 12.1. The van der Waals surface area contributed by atoms with Crippen molar-refractivity contribution in [1.29, 1.82) is 0 Å². The van der Waals surface area contributed by atoms with E-state index < -0.39 is 50.0 Å². The van der Waals surface area contributed by atoms with E-state index in [-0.39, 0.29) is 70.2 Å². The van der Waals surface area contributed by atoms with Crippen LogP contribution in [-0.2, 0) is 34.0 Å². The molecule has 0 aromatic rings. The highest BCUT2D eigenvalue weighted by Crippen LogP contribution is 2.88. The molecular formula is C42H63N3O7S. The van der Waals surface area contributed by atoms with E-state index >= 15 is 4.79 Å². The molecule has 0 bridgehead atoms. The van der Waals surface area contributed by atoms with Crippen LogP contribution in [0.15, 0.2) is 0 Å². The molecule has 11 heteroatoms. The maximum Gasteiger partial charge on any atom is 0.240 e. The molecular weight excluding hydrogens is 691 g/mol. The first-order valence-electron chi connectivity index (χ1n) is 21.1. The molecule has 6 atom stereocenters. The molecule has 8 aliphatic rings. The van der Waals surface area contributed by atoms with Gasteiger partial charge in [0, 0.05) is 36.6 Å². The first-order valence-corrected chi connectivity index (χ1v) is 22.6. The van der Waals surface area contributed by atoms with Gasteiger partial charge in [-0.05, 0) is 111 Å². The molecule has 0 aromatic heterocycles. The van der Waals surface area contributed by atoms with Crippen LogP contribution in [0, 0.1) is 56.7 Å². The summed E-state index contributed by atoms with van der Waals surface area (Å²) in [5.41, 5.74) is -1.84. The topological polar surface area (TPSA) is 147 Å². The highest BCUT2D eigenvalue weighted by atomic mass is 32.2. The van der Waals surface area contributed by atoms with Crippen molar-refractivity contribution in [2.75, 3.05) is 6.54 Å². The van der Waals surface area contributed by atoms with Crippen LogP contribution >= 0.6 is 0 Å². The Morgan fingerprint density at radius 3 is 2.02 bits per heavy atom. The molecule has 7 saturated carbocycles. The zero-order chi connectivity index (χ0) is 37.9. The van der Waals surface area contributed by atoms with Gasteiger partial charge in [0.2, 0.25) is 27.7 Å². The second-order valence-electron chi connectivity index (χ2n) is 20.7. The van der Waals surface area contributed by atoms with Gasteiger partial charge in [-0.25, -0.2) is 8.42 Å². The van der Waals surface area contributed by atoms with E-state index in [0.29, 0.717) is 38.1 Å². The van der Waals surface area contributed by atoms with Gasteiger partial charge in [-0.2, -0.15) is 0 Å². The van der Waals surface area contributed by atoms with Gasteiger partial charge >= 0.3 is 0 Å². The Kier molecular flexibility index (Phi) is 8.95. The largest absolute Gasteiger partial charge is 0.346 e. The van der Waals surface area contributed by atoms with Crippen LogP contribution in [0.25, 0.3) is 0 Å². The molecule has 1 saturated heterocycles. The van der Waals surface area contributed by atoms with Crippen LogP contribution in [0.1, 0.15) is 150 Å². The van der Waals surface area contributed by atoms with Crippen molar-refractivity contribution in [2.24, 2.45) is 56.7 Å². The Bertz CT molecular complexity index is 1680. The number of rotatable bonds is 14. The van der Waals surface area contributed by atoms with Gasteiger partial charge in [-0.3, -0.25) is 28.7 Å². The minimum absolute atomic E-state index is 0.00250. The Morgan fingerprint density at radius 1 is 0.830 bits per heavy atom. The molecule has 2 N–H and O–H groups in total. The van der Waals surface area contributed by atoms with Gasteiger partial charge in [0.15, 0.2) is 11.6 Å². The van der Waals surface area contributed by atoms with Gasteiger partial charge in [0.25, 0.3) is 0 Å². The fourth-order valence-corrected chi connectivity index (χ4v) is 13.5. The number of hydrogen-bond acceptors (Lipinski definition) is 7. The minimum atomic E-state index is -3.77. The second kappa shape index (κ2) is 12.6. The molecule has 1 aliphatic heterocycles. The molecule has 294 valence electrons. The Labute approximate surface area is 316 Å². The zero-order valence-electron chi connectivity index (χ0n) is 32.8. The van der Waals surface area contributed by atoms with Crippen LogP contribution < -0.4 is 10.0 Å². The van der Waals surface area contributed by atoms with E-state index in [1.54, 1.807) is 4.90 Å². The summed E-state index contributed by atoms with van der Waals surface area (Å²) in [5, 5.41) is 2.61. The Morgan fingerprint density at radius 2 is 1.49 bits per heavy atom. The summed E-state index contributed by atoms with van der Waals surface area (Å²) in [5.74, 6) is -1.33. The van der Waals surface area contributed by atoms with E-state index in [2.05, 4.69) is 23.9 Å². The molecule has 2 spiro atoms. The van der Waals surface area contributed by atoms with Crippen molar-refractivity contribution in [2.45, 2.75) is 168 Å². The number of carbonyl (C=O) groups excluding carboxylic acids is 5. The van der Waals surface area contributed by atoms with Crippen molar-refractivity contribution < 1.29 is 32.4 Å². The zero-order valence-corrected chi connectivity index (χ0v) is 33.6. The van der Waals surface area contributed by atoms with Gasteiger partial charge < -0.3 is 10.2 Å². The summed E-state index contributed by atoms with van der Waals surface area (Å²) >= 11 is 0. The molecule has 0 aromatic carbocycles. The van der Waals surface area contributed by atoms with Crippen molar-refractivity contribution in [3.63, 3.8) is 0 Å². The number of sulfonamides is 1. The van der Waals surface area contributed by atoms with Crippen molar-refractivity contribution >= 4 is 39.3 Å². The van der Waals surface area contributed by atoms with Crippen molar-refractivity contribution in [3.05, 3.63) is 0 Å². The maximum atomic E-state index is 15.2. The number of ketones is 2. The lowest BCUT2D eigenvalue weighted by atomic mass is 9.73. The third-order valence-electron chi connectivity index (χ3n) is 16.4. The standard InChI is InChI=1S/C42H63N3O7S/c1-38(2,3)29(20-32(46)34(26-10-7-6-8-11-26)43-35(48)27-14-15-27)36(49)45-24-42(39(4,5)41(42)18-9-19-41)22-31(45)33(47)23-40(21-30(40)25-12-13-25)37(50)44-53(51,52)28-16-17-28/h25-31,34H,6-24H2,1-5H3,(H,43,48)(H,44,50)/t29-,30+,31+,34+,40-,42-/m1/s1. The molecule has 8 fully saturated rings. The molecule has 8 rings (SSSR count). The average molecular weight is 754 g/mol. The number of carbonyl (C=O) groups is 5. The monoisotopic (exact) mass is 753 g/mol. The highest BCUT2D eigenvalue weighted by molar-refractivity contribution is 7.90. The second-order valence-corrected chi connectivity index (χ2v) is 22.7. The Balaban J connectivity index is 1.07. The van der Waals surface area contributed by atoms with E-state index in [4.69, 9.17) is 0 Å². The van der Waals surface area contributed by atoms with Crippen molar-refractivity contribution in [1.82, 2.24) is 14.9 Å². The lowest BCUT2D eigenvalue weighted by Gasteiger charge is -2.37. The van der Waals surface area contributed by atoms with Gasteiger partial charge in [-0.15, -0.1) is 0 Å². The van der Waals surface area contributed by atoms with Gasteiger partial charge in [0.05, 0.1) is 22.7 Å². The van der Waals surface area contributed by atoms with Crippen LogP contribution in [0.2, 0.25) is 0 Å². The van der Waals surface area contributed by atoms with Crippen LogP contribution in [0.3, 0.4) is 0 Å². The summed E-state index contributed by atoms with van der Waals surface area (Å²) in [6, 6.07) is -1.33. The number of fused-ring (bicyclic) bond motifs is 1. The summed E-state index contributed by atoms with van der Waals surface area (Å²) in [4.78, 5) is 73.1. The van der Waals surface area contributed by atoms with Crippen LogP contribution in [-0.4, -0.2) is 66.5 Å². The lowest BCUT2D eigenvalue weighted by molar-refractivity contribution is -0.147. The summed E-state index contributed by atoms with van der Waals surface area (Å²) in [6.07, 6.45) is 14.0. The van der Waals surface area contributed by atoms with Gasteiger partial charge in [0.1, 0.15) is 0 Å². The summed E-state index contributed by atoms with van der Waals surface area (Å²) in [6.45, 7) is 11.0. The number of hydrogen-bond donors (Lipinski definition) is 2. The minimum Gasteiger partial charge on any atom is -0.346 e. The number of Topliss-reactive ketones (excluding diaryl/α,β-unsaturated/α-hetero) is 2. The van der Waals surface area contributed by atoms with Crippen LogP contribution in [0.5, 0.6) is 0 Å². The van der Waals surface area contributed by atoms with E-state index in [0.717, 1.165) is 77.0 Å². The van der Waals surface area contributed by atoms with Crippen molar-refractivity contribution in [3.8, 4) is 0 Å². The smallest absolute Gasteiger partial charge is 0.240 e. The first kappa shape index (κ1) is 37.6. The normalized spacial score (nSPS) is 34.2. The molecule has 3 amide bonds. The number of nitrogens with one attached hydrogen (secondary N) is 2. The summed E-state index contributed by atoms with van der Waals surface area (Å²) < 4.78 is 28.2. The predicted molar refractivity (Wildman–Crippen MR) is 199 cm³/mol. The SMILES string of the molecule is CC(C)(C)[C@H](CC(=O)[C@@H](NC(=O)C1CC1)C1CCCCC1)C(=O)N1C[C@]2(C[C@H]1C(=O)C[C@]1(C(=O)NS(=O)(=O)C3CC3)C[C@H]1C1CC1)C(C)(C)C21CCC1. The molecule has 7 aliphatic carbocycles. The van der Waals surface area contributed by atoms with Gasteiger partial charge in [-0.1, -0.05) is 60.3 Å². The molecule has 10 nitrogen and oxygen atoms in total. The van der Waals surface area contributed by atoms with E-state index in [9.17, 15) is 27.6 Å². The number of amides is 3. The predicted octanol–water partition coefficient (Wildman–Crippen LogP) is 5.86. The number of nitrogens with zero attached hydrogens (tertiary/aromatic N) is 1. The average Bonchev–Trinajstić information content (AvgIpc) is 3.87. The third-order valence-corrected chi connectivity index (χ3v) is 18.2. The van der Waals surface area contributed by atoms with Crippen LogP contribution in [0.4, 0.5) is 0 Å². The van der Waals surface area contributed by atoms with E-state index in [1.807, 2.05) is 20.8 Å². The summed E-state index contributed by atoms with van der Waals surface area (Å²) in [7, 11) is -3.77.